The van der Waals surface area contributed by atoms with Crippen molar-refractivity contribution in [1.29, 1.82) is 0 Å². The fourth-order valence-electron chi connectivity index (χ4n) is 3.22. The number of anilines is 3. The molecule has 3 aromatic rings. The molecule has 1 aliphatic rings. The van der Waals surface area contributed by atoms with Gasteiger partial charge in [0.05, 0.1) is 5.56 Å². The Kier molecular flexibility index (Phi) is 4.84. The summed E-state index contributed by atoms with van der Waals surface area (Å²) >= 11 is 0. The van der Waals surface area contributed by atoms with Crippen LogP contribution in [-0.4, -0.2) is 38.2 Å². The number of halogens is 3. The highest BCUT2D eigenvalue weighted by Gasteiger charge is 2.34. The van der Waals surface area contributed by atoms with Crippen molar-refractivity contribution in [2.75, 3.05) is 23.3 Å². The summed E-state index contributed by atoms with van der Waals surface area (Å²) in [6, 6.07) is 7.04. The topological polar surface area (TPSA) is 82.6 Å². The molecule has 0 spiro atoms. The van der Waals surface area contributed by atoms with Crippen LogP contribution in [0, 0.1) is 0 Å². The summed E-state index contributed by atoms with van der Waals surface area (Å²) in [4.78, 5) is 14.8. The molecule has 0 amide bonds. The van der Waals surface area contributed by atoms with Gasteiger partial charge >= 0.3 is 6.18 Å². The molecule has 7 nitrogen and oxygen atoms in total. The van der Waals surface area contributed by atoms with E-state index in [1.54, 1.807) is 12.1 Å². The van der Waals surface area contributed by atoms with Crippen LogP contribution in [0.15, 0.2) is 36.7 Å². The summed E-state index contributed by atoms with van der Waals surface area (Å²) < 4.78 is 40.5. The van der Waals surface area contributed by atoms with E-state index in [-0.39, 0.29) is 11.4 Å². The third-order valence-electron chi connectivity index (χ3n) is 4.53. The van der Waals surface area contributed by atoms with Gasteiger partial charge in [-0.25, -0.2) is 15.1 Å². The predicted octanol–water partition coefficient (Wildman–Crippen LogP) is 4.01. The van der Waals surface area contributed by atoms with Gasteiger partial charge in [0.1, 0.15) is 18.0 Å². The molecule has 2 N–H and O–H groups in total. The monoisotopic (exact) mass is 389 g/mol. The van der Waals surface area contributed by atoms with Crippen molar-refractivity contribution < 1.29 is 13.2 Å². The minimum atomic E-state index is -4.50. The van der Waals surface area contributed by atoms with E-state index >= 15 is 0 Å². The number of H-pyrrole nitrogens is 1. The lowest BCUT2D eigenvalue weighted by Crippen LogP contribution is -2.30. The van der Waals surface area contributed by atoms with Crippen molar-refractivity contribution in [3.8, 4) is 11.4 Å². The van der Waals surface area contributed by atoms with Crippen LogP contribution < -0.4 is 10.2 Å². The van der Waals surface area contributed by atoms with Gasteiger partial charge in [-0.3, -0.25) is 0 Å². The maximum Gasteiger partial charge on any atom is 0.417 e. The van der Waals surface area contributed by atoms with E-state index in [2.05, 4.69) is 35.4 Å². The first kappa shape index (κ1) is 18.2. The summed E-state index contributed by atoms with van der Waals surface area (Å²) in [6.07, 6.45) is -0.00423. The van der Waals surface area contributed by atoms with Gasteiger partial charge < -0.3 is 10.2 Å². The van der Waals surface area contributed by atoms with Gasteiger partial charge in [-0.15, -0.1) is 0 Å². The Morgan fingerprint density at radius 3 is 2.54 bits per heavy atom. The summed E-state index contributed by atoms with van der Waals surface area (Å²) in [6.45, 7) is 1.61. The van der Waals surface area contributed by atoms with Crippen LogP contribution >= 0.6 is 0 Å². The highest BCUT2D eigenvalue weighted by Crippen LogP contribution is 2.37. The molecular formula is C18H18F3N7. The van der Waals surface area contributed by atoms with Crippen LogP contribution in [0.3, 0.4) is 0 Å². The van der Waals surface area contributed by atoms with Crippen LogP contribution in [0.25, 0.3) is 11.4 Å². The molecule has 0 aliphatic carbocycles. The van der Waals surface area contributed by atoms with Crippen molar-refractivity contribution in [2.24, 2.45) is 0 Å². The highest BCUT2D eigenvalue weighted by molar-refractivity contribution is 5.67. The van der Waals surface area contributed by atoms with Crippen LogP contribution in [0.1, 0.15) is 24.8 Å². The first-order valence-electron chi connectivity index (χ1n) is 8.94. The number of nitrogens with one attached hydrogen (secondary N) is 2. The molecule has 0 saturated carbocycles. The van der Waals surface area contributed by atoms with Gasteiger partial charge in [-0.05, 0) is 25.3 Å². The number of benzene rings is 1. The average Bonchev–Trinajstić information content (AvgIpc) is 3.21. The van der Waals surface area contributed by atoms with Gasteiger partial charge in [-0.1, -0.05) is 18.2 Å². The van der Waals surface area contributed by atoms with Crippen LogP contribution in [-0.2, 0) is 6.18 Å². The van der Waals surface area contributed by atoms with Gasteiger partial charge in [0.25, 0.3) is 0 Å². The molecule has 10 heteroatoms. The fraction of sp³-hybridized carbons (Fsp3) is 0.333. The Balaban J connectivity index is 1.80. The Morgan fingerprint density at radius 1 is 1.04 bits per heavy atom. The quantitative estimate of drug-likeness (QED) is 0.702. The van der Waals surface area contributed by atoms with Crippen molar-refractivity contribution in [2.45, 2.75) is 25.4 Å². The Morgan fingerprint density at radius 2 is 1.82 bits per heavy atom. The third kappa shape index (κ3) is 3.90. The second kappa shape index (κ2) is 7.45. The molecule has 0 atom stereocenters. The van der Waals surface area contributed by atoms with Gasteiger partial charge in [0.2, 0.25) is 5.95 Å². The Hall–Kier alpha value is -3.17. The molecule has 0 unspecified atom stereocenters. The lowest BCUT2D eigenvalue weighted by molar-refractivity contribution is -0.137. The molecule has 4 rings (SSSR count). The molecule has 28 heavy (non-hydrogen) atoms. The number of hydrogen-bond acceptors (Lipinski definition) is 6. The minimum absolute atomic E-state index is 0.0120. The number of piperidine rings is 1. The largest absolute Gasteiger partial charge is 0.417 e. The van der Waals surface area contributed by atoms with Crippen molar-refractivity contribution >= 4 is 17.6 Å². The van der Waals surface area contributed by atoms with Crippen LogP contribution in [0.4, 0.5) is 30.8 Å². The molecule has 0 radical (unpaired) electrons. The molecule has 146 valence electrons. The number of aromatic amines is 1. The maximum atomic E-state index is 13.5. The summed E-state index contributed by atoms with van der Waals surface area (Å²) in [7, 11) is 0. The third-order valence-corrected chi connectivity index (χ3v) is 4.53. The first-order chi connectivity index (χ1) is 13.5. The van der Waals surface area contributed by atoms with E-state index < -0.39 is 11.7 Å². The Bertz CT molecular complexity index is 935. The number of nitrogens with zero attached hydrogens (tertiary/aromatic N) is 5. The lowest BCUT2D eigenvalue weighted by atomic mass is 10.1. The molecule has 3 heterocycles. The second-order valence-corrected chi connectivity index (χ2v) is 6.49. The van der Waals surface area contributed by atoms with Gasteiger partial charge in [-0.2, -0.15) is 23.3 Å². The van der Waals surface area contributed by atoms with Crippen molar-refractivity contribution in [1.82, 2.24) is 25.1 Å². The van der Waals surface area contributed by atoms with Crippen LogP contribution in [0.5, 0.6) is 0 Å². The predicted molar refractivity (Wildman–Crippen MR) is 98.2 cm³/mol. The number of hydrogen-bond donors (Lipinski definition) is 2. The van der Waals surface area contributed by atoms with Crippen LogP contribution in [0.2, 0.25) is 0 Å². The van der Waals surface area contributed by atoms with E-state index in [9.17, 15) is 13.2 Å². The molecule has 1 saturated heterocycles. The smallest absolute Gasteiger partial charge is 0.356 e. The summed E-state index contributed by atoms with van der Waals surface area (Å²) in [5, 5.41) is 9.35. The van der Waals surface area contributed by atoms with E-state index in [0.29, 0.717) is 17.6 Å². The summed E-state index contributed by atoms with van der Waals surface area (Å²) in [5.41, 5.74) is -0.828. The number of aromatic nitrogens is 5. The van der Waals surface area contributed by atoms with Crippen molar-refractivity contribution in [3.05, 3.63) is 42.2 Å². The average molecular weight is 389 g/mol. The number of alkyl halides is 3. The number of rotatable bonds is 4. The first-order valence-corrected chi connectivity index (χ1v) is 8.94. The molecule has 1 aliphatic heterocycles. The van der Waals surface area contributed by atoms with Gasteiger partial charge in [0.15, 0.2) is 5.82 Å². The standard InChI is InChI=1S/C18H18F3N7/c19-18(20,21)13-7-3-2-6-12(13)16-24-14(25-17-22-11-23-27-17)10-15(26-16)28-8-4-1-5-9-28/h2-3,6-7,10-11H,1,4-5,8-9H2,(H2,22,23,24,25,26,27). The van der Waals surface area contributed by atoms with E-state index in [1.807, 2.05) is 0 Å². The summed E-state index contributed by atoms with van der Waals surface area (Å²) in [5.74, 6) is 1.29. The van der Waals surface area contributed by atoms with Gasteiger partial charge in [0, 0.05) is 24.7 Å². The second-order valence-electron chi connectivity index (χ2n) is 6.49. The molecule has 1 aromatic carbocycles. The molecule has 1 fully saturated rings. The normalized spacial score (nSPS) is 14.9. The zero-order chi connectivity index (χ0) is 19.6. The fourth-order valence-corrected chi connectivity index (χ4v) is 3.22. The minimum Gasteiger partial charge on any atom is -0.356 e. The lowest BCUT2D eigenvalue weighted by Gasteiger charge is -2.28. The SMILES string of the molecule is FC(F)(F)c1ccccc1-c1nc(Nc2ncn[nH]2)cc(N2CCCCC2)n1. The maximum absolute atomic E-state index is 13.5. The van der Waals surface area contributed by atoms with E-state index in [4.69, 9.17) is 0 Å². The van der Waals surface area contributed by atoms with E-state index in [0.717, 1.165) is 38.4 Å². The van der Waals surface area contributed by atoms with Crippen molar-refractivity contribution in [3.63, 3.8) is 0 Å². The zero-order valence-corrected chi connectivity index (χ0v) is 14.9. The zero-order valence-electron chi connectivity index (χ0n) is 14.9. The molecular weight excluding hydrogens is 371 g/mol. The highest BCUT2D eigenvalue weighted by atomic mass is 19.4. The molecule has 0 bridgehead atoms. The molecule has 2 aromatic heterocycles. The Labute approximate surface area is 159 Å². The van der Waals surface area contributed by atoms with E-state index in [1.165, 1.54) is 18.5 Å².